The van der Waals surface area contributed by atoms with Crippen LogP contribution in [0, 0.1) is 0 Å². The van der Waals surface area contributed by atoms with Crippen LogP contribution in [0.4, 0.5) is 0 Å². The number of ether oxygens (including phenoxy) is 2. The van der Waals surface area contributed by atoms with Crippen LogP contribution in [0.15, 0.2) is 47.5 Å². The van der Waals surface area contributed by atoms with E-state index in [1.807, 2.05) is 18.2 Å². The quantitative estimate of drug-likeness (QED) is 0.627. The summed E-state index contributed by atoms with van der Waals surface area (Å²) in [4.78, 5) is 6.67. The first kappa shape index (κ1) is 18.9. The minimum atomic E-state index is 0.247. The van der Waals surface area contributed by atoms with Crippen molar-refractivity contribution in [2.75, 3.05) is 34.4 Å². The van der Waals surface area contributed by atoms with Gasteiger partial charge < -0.3 is 24.8 Å². The number of likely N-dealkylation sites (tertiary alicyclic amines) is 1. The summed E-state index contributed by atoms with van der Waals surface area (Å²) in [6.07, 6.45) is 1.08. The van der Waals surface area contributed by atoms with Gasteiger partial charge in [-0.15, -0.1) is 0 Å². The van der Waals surface area contributed by atoms with Crippen LogP contribution in [0.2, 0.25) is 0 Å². The molecule has 6 nitrogen and oxygen atoms in total. The monoisotopic (exact) mass is 369 g/mol. The maximum Gasteiger partial charge on any atom is 0.193 e. The number of rotatable bonds is 5. The number of methoxy groups -OCH3 is 2. The maximum atomic E-state index is 10.1. The minimum Gasteiger partial charge on any atom is -0.508 e. The number of nitrogens with one attached hydrogen (secondary N) is 1. The number of phenolic OH excluding ortho intramolecular Hbond substituents is 1. The van der Waals surface area contributed by atoms with Gasteiger partial charge in [-0.25, -0.2) is 0 Å². The third-order valence-corrected chi connectivity index (χ3v) is 5.01. The lowest BCUT2D eigenvalue weighted by Gasteiger charge is -2.22. The third-order valence-electron chi connectivity index (χ3n) is 5.01. The van der Waals surface area contributed by atoms with Crippen molar-refractivity contribution in [3.8, 4) is 17.2 Å². The molecule has 2 aromatic rings. The van der Waals surface area contributed by atoms with Crippen molar-refractivity contribution in [1.29, 1.82) is 0 Å². The van der Waals surface area contributed by atoms with Crippen LogP contribution in [-0.2, 0) is 6.54 Å². The van der Waals surface area contributed by atoms with Crippen LogP contribution < -0.4 is 14.8 Å². The fraction of sp³-hybridized carbons (Fsp3) is 0.381. The van der Waals surface area contributed by atoms with E-state index in [1.165, 1.54) is 5.56 Å². The Labute approximate surface area is 160 Å². The molecule has 1 fully saturated rings. The lowest BCUT2D eigenvalue weighted by Crippen LogP contribution is -2.39. The minimum absolute atomic E-state index is 0.247. The number of guanidine groups is 1. The van der Waals surface area contributed by atoms with Crippen molar-refractivity contribution >= 4 is 5.96 Å². The topological polar surface area (TPSA) is 66.3 Å². The lowest BCUT2D eigenvalue weighted by molar-refractivity contribution is 0.410. The summed E-state index contributed by atoms with van der Waals surface area (Å²) in [5.41, 5.74) is 2.10. The van der Waals surface area contributed by atoms with Gasteiger partial charge in [-0.05, 0) is 42.3 Å². The van der Waals surface area contributed by atoms with E-state index in [0.29, 0.717) is 12.5 Å². The Hall–Kier alpha value is -2.89. The number of aliphatic imine (C=N–C) groups is 1. The SMILES string of the molecule is CN=C(NCc1cc(OC)ccc1O)N1CCC(c2ccc(OC)cc2)C1. The molecule has 6 heteroatoms. The molecular formula is C21H27N3O3. The number of hydrogen-bond donors (Lipinski definition) is 2. The van der Waals surface area contributed by atoms with E-state index < -0.39 is 0 Å². The number of hydrogen-bond acceptors (Lipinski definition) is 4. The highest BCUT2D eigenvalue weighted by atomic mass is 16.5. The Morgan fingerprint density at radius 1 is 1.15 bits per heavy atom. The van der Waals surface area contributed by atoms with E-state index in [-0.39, 0.29) is 5.75 Å². The first-order valence-corrected chi connectivity index (χ1v) is 9.10. The molecule has 0 bridgehead atoms. The second-order valence-corrected chi connectivity index (χ2v) is 6.60. The zero-order valence-electron chi connectivity index (χ0n) is 16.1. The molecule has 1 unspecified atom stereocenters. The van der Waals surface area contributed by atoms with Gasteiger partial charge in [0.05, 0.1) is 14.2 Å². The maximum absolute atomic E-state index is 10.1. The summed E-state index contributed by atoms with van der Waals surface area (Å²) < 4.78 is 10.5. The second-order valence-electron chi connectivity index (χ2n) is 6.60. The molecule has 1 aliphatic rings. The van der Waals surface area contributed by atoms with Gasteiger partial charge in [-0.2, -0.15) is 0 Å². The summed E-state index contributed by atoms with van der Waals surface area (Å²) in [7, 11) is 5.09. The zero-order chi connectivity index (χ0) is 19.2. The molecule has 0 radical (unpaired) electrons. The standard InChI is InChI=1S/C21H27N3O3/c1-22-21(23-13-17-12-19(27-3)8-9-20(17)25)24-11-10-16(14-24)15-4-6-18(26-2)7-5-15/h4-9,12,16,25H,10-11,13-14H2,1-3H3,(H,22,23). The normalized spacial score (nSPS) is 17.1. The molecule has 0 aromatic heterocycles. The molecule has 1 heterocycles. The van der Waals surface area contributed by atoms with E-state index in [1.54, 1.807) is 33.4 Å². The fourth-order valence-corrected chi connectivity index (χ4v) is 3.44. The fourth-order valence-electron chi connectivity index (χ4n) is 3.44. The van der Waals surface area contributed by atoms with Crippen LogP contribution in [0.3, 0.4) is 0 Å². The van der Waals surface area contributed by atoms with Crippen molar-refractivity contribution in [3.63, 3.8) is 0 Å². The van der Waals surface area contributed by atoms with Crippen LogP contribution in [0.25, 0.3) is 0 Å². The predicted molar refractivity (Wildman–Crippen MR) is 107 cm³/mol. The molecule has 1 saturated heterocycles. The molecule has 2 aromatic carbocycles. The van der Waals surface area contributed by atoms with Crippen molar-refractivity contribution in [1.82, 2.24) is 10.2 Å². The van der Waals surface area contributed by atoms with Crippen LogP contribution in [-0.4, -0.2) is 50.3 Å². The van der Waals surface area contributed by atoms with E-state index in [4.69, 9.17) is 9.47 Å². The first-order chi connectivity index (χ1) is 13.1. The average molecular weight is 369 g/mol. The molecule has 0 amide bonds. The molecule has 1 atom stereocenters. The van der Waals surface area contributed by atoms with Crippen LogP contribution in [0.5, 0.6) is 17.2 Å². The Morgan fingerprint density at radius 3 is 2.52 bits per heavy atom. The second kappa shape index (κ2) is 8.66. The van der Waals surface area contributed by atoms with E-state index in [0.717, 1.165) is 42.5 Å². The van der Waals surface area contributed by atoms with Gasteiger partial charge in [0.25, 0.3) is 0 Å². The van der Waals surface area contributed by atoms with Gasteiger partial charge in [0.1, 0.15) is 17.2 Å². The predicted octanol–water partition coefficient (Wildman–Crippen LogP) is 2.97. The summed E-state index contributed by atoms with van der Waals surface area (Å²) in [5.74, 6) is 3.16. The largest absolute Gasteiger partial charge is 0.508 e. The summed E-state index contributed by atoms with van der Waals surface area (Å²) in [6.45, 7) is 2.34. The number of nitrogens with zero attached hydrogens (tertiary/aromatic N) is 2. The molecule has 144 valence electrons. The molecule has 0 saturated carbocycles. The van der Waals surface area contributed by atoms with Crippen LogP contribution >= 0.6 is 0 Å². The molecule has 1 aliphatic heterocycles. The highest BCUT2D eigenvalue weighted by molar-refractivity contribution is 5.80. The molecule has 0 spiro atoms. The third kappa shape index (κ3) is 4.45. The smallest absolute Gasteiger partial charge is 0.193 e. The first-order valence-electron chi connectivity index (χ1n) is 9.10. The number of benzene rings is 2. The van der Waals surface area contributed by atoms with Crippen molar-refractivity contribution < 1.29 is 14.6 Å². The van der Waals surface area contributed by atoms with Gasteiger partial charge in [0, 0.05) is 38.2 Å². The van der Waals surface area contributed by atoms with Gasteiger partial charge in [-0.1, -0.05) is 12.1 Å². The Morgan fingerprint density at radius 2 is 1.85 bits per heavy atom. The molecule has 3 rings (SSSR count). The van der Waals surface area contributed by atoms with Crippen LogP contribution in [0.1, 0.15) is 23.5 Å². The van der Waals surface area contributed by atoms with Gasteiger partial charge in [0.2, 0.25) is 0 Å². The van der Waals surface area contributed by atoms with Crippen molar-refractivity contribution in [2.24, 2.45) is 4.99 Å². The Balaban J connectivity index is 1.61. The van der Waals surface area contributed by atoms with E-state index >= 15 is 0 Å². The van der Waals surface area contributed by atoms with E-state index in [9.17, 15) is 5.11 Å². The Bertz CT molecular complexity index is 790. The van der Waals surface area contributed by atoms with E-state index in [2.05, 4.69) is 27.3 Å². The van der Waals surface area contributed by atoms with Crippen molar-refractivity contribution in [3.05, 3.63) is 53.6 Å². The van der Waals surface area contributed by atoms with Crippen molar-refractivity contribution in [2.45, 2.75) is 18.9 Å². The molecular weight excluding hydrogens is 342 g/mol. The highest BCUT2D eigenvalue weighted by Gasteiger charge is 2.26. The summed E-state index contributed by atoms with van der Waals surface area (Å²) in [6, 6.07) is 13.5. The zero-order valence-corrected chi connectivity index (χ0v) is 16.1. The number of phenols is 1. The summed E-state index contributed by atoms with van der Waals surface area (Å²) in [5, 5.41) is 13.4. The molecule has 0 aliphatic carbocycles. The molecule has 2 N–H and O–H groups in total. The molecule has 27 heavy (non-hydrogen) atoms. The van der Waals surface area contributed by atoms with Gasteiger partial charge >= 0.3 is 0 Å². The average Bonchev–Trinajstić information content (AvgIpc) is 3.20. The van der Waals surface area contributed by atoms with Gasteiger partial charge in [0.15, 0.2) is 5.96 Å². The highest BCUT2D eigenvalue weighted by Crippen LogP contribution is 2.29. The number of aromatic hydroxyl groups is 1. The van der Waals surface area contributed by atoms with Gasteiger partial charge in [-0.3, -0.25) is 4.99 Å². The lowest BCUT2D eigenvalue weighted by atomic mass is 9.98. The summed E-state index contributed by atoms with van der Waals surface area (Å²) >= 11 is 0. The Kier molecular flexibility index (Phi) is 6.06.